The Labute approximate surface area is 147 Å². The second-order valence-corrected chi connectivity index (χ2v) is 6.55. The molecule has 136 valence electrons. The molecule has 0 aromatic heterocycles. The molecular weight excluding hydrogens is 322 g/mol. The van der Waals surface area contributed by atoms with Crippen molar-refractivity contribution in [3.63, 3.8) is 0 Å². The molecule has 2 fully saturated rings. The summed E-state index contributed by atoms with van der Waals surface area (Å²) < 4.78 is 5.49. The van der Waals surface area contributed by atoms with Gasteiger partial charge in [-0.2, -0.15) is 0 Å². The number of ether oxygens (including phenoxy) is 1. The number of benzene rings is 1. The van der Waals surface area contributed by atoms with Gasteiger partial charge >= 0.3 is 6.03 Å². The number of carbonyl (C=O) groups is 2. The van der Waals surface area contributed by atoms with E-state index in [1.54, 1.807) is 9.80 Å². The Bertz CT molecular complexity index is 595. The van der Waals surface area contributed by atoms with E-state index in [1.165, 1.54) is 0 Å². The summed E-state index contributed by atoms with van der Waals surface area (Å²) in [6.07, 6.45) is 2.50. The van der Waals surface area contributed by atoms with Crippen molar-refractivity contribution in [3.8, 4) is 5.75 Å². The van der Waals surface area contributed by atoms with Crippen LogP contribution in [-0.4, -0.2) is 71.8 Å². The van der Waals surface area contributed by atoms with Crippen LogP contribution in [0.4, 0.5) is 4.79 Å². The summed E-state index contributed by atoms with van der Waals surface area (Å²) in [5, 5.41) is 12.3. The number of nitrogens with zero attached hydrogens (tertiary/aromatic N) is 2. The Hall–Kier alpha value is -2.28. The fourth-order valence-electron chi connectivity index (χ4n) is 3.41. The van der Waals surface area contributed by atoms with Crippen LogP contribution >= 0.6 is 0 Å². The maximum Gasteiger partial charge on any atom is 0.318 e. The lowest BCUT2D eigenvalue weighted by molar-refractivity contribution is -0.132. The molecule has 0 unspecified atom stereocenters. The highest BCUT2D eigenvalue weighted by atomic mass is 16.5. The average molecular weight is 347 g/mol. The van der Waals surface area contributed by atoms with Crippen molar-refractivity contribution in [2.75, 3.05) is 32.8 Å². The number of hydrogen-bond acceptors (Lipinski definition) is 4. The molecule has 3 amide bonds. The Morgan fingerprint density at radius 3 is 2.76 bits per heavy atom. The molecule has 1 aromatic carbocycles. The summed E-state index contributed by atoms with van der Waals surface area (Å²) in [6.45, 7) is 1.80. The molecular formula is C18H25N3O4. The van der Waals surface area contributed by atoms with Crippen molar-refractivity contribution in [1.82, 2.24) is 15.1 Å². The highest BCUT2D eigenvalue weighted by molar-refractivity contribution is 5.79. The largest absolute Gasteiger partial charge is 0.484 e. The quantitative estimate of drug-likeness (QED) is 0.827. The van der Waals surface area contributed by atoms with E-state index >= 15 is 0 Å². The second-order valence-electron chi connectivity index (χ2n) is 6.55. The third kappa shape index (κ3) is 4.42. The number of para-hydroxylation sites is 1. The van der Waals surface area contributed by atoms with E-state index in [2.05, 4.69) is 5.32 Å². The number of urea groups is 1. The molecule has 2 aliphatic rings. The molecule has 2 aliphatic heterocycles. The van der Waals surface area contributed by atoms with Gasteiger partial charge in [0.15, 0.2) is 6.61 Å². The molecule has 7 nitrogen and oxygen atoms in total. The minimum absolute atomic E-state index is 0.000474. The zero-order valence-electron chi connectivity index (χ0n) is 14.3. The van der Waals surface area contributed by atoms with Crippen molar-refractivity contribution >= 4 is 11.9 Å². The number of rotatable bonds is 5. The van der Waals surface area contributed by atoms with Crippen molar-refractivity contribution in [2.24, 2.45) is 0 Å². The number of aliphatic hydroxyl groups excluding tert-OH is 1. The first-order chi connectivity index (χ1) is 12.2. The van der Waals surface area contributed by atoms with Gasteiger partial charge in [0.05, 0.1) is 12.6 Å². The molecule has 0 bridgehead atoms. The molecule has 2 N–H and O–H groups in total. The summed E-state index contributed by atoms with van der Waals surface area (Å²) in [7, 11) is 0. The first-order valence-corrected chi connectivity index (χ1v) is 8.81. The lowest BCUT2D eigenvalue weighted by Crippen LogP contribution is -2.48. The van der Waals surface area contributed by atoms with Gasteiger partial charge < -0.3 is 25.0 Å². The molecule has 2 atom stereocenters. The molecule has 3 rings (SSSR count). The molecule has 2 heterocycles. The van der Waals surface area contributed by atoms with Crippen LogP contribution in [0.15, 0.2) is 30.3 Å². The van der Waals surface area contributed by atoms with Crippen molar-refractivity contribution < 1.29 is 19.4 Å². The van der Waals surface area contributed by atoms with Gasteiger partial charge in [0.25, 0.3) is 5.91 Å². The van der Waals surface area contributed by atoms with E-state index in [9.17, 15) is 14.7 Å². The minimum atomic E-state index is -0.142. The van der Waals surface area contributed by atoms with Gasteiger partial charge in [0.2, 0.25) is 0 Å². The summed E-state index contributed by atoms with van der Waals surface area (Å²) >= 11 is 0. The van der Waals surface area contributed by atoms with E-state index in [0.717, 1.165) is 19.3 Å². The van der Waals surface area contributed by atoms with Gasteiger partial charge in [-0.15, -0.1) is 0 Å². The van der Waals surface area contributed by atoms with Gasteiger partial charge in [-0.3, -0.25) is 4.79 Å². The Morgan fingerprint density at radius 1 is 1.20 bits per heavy atom. The molecule has 0 aliphatic carbocycles. The van der Waals surface area contributed by atoms with E-state index in [1.807, 2.05) is 30.3 Å². The SMILES string of the molecule is O=C(COc1ccccc1)N1CC[C@H](NC(=O)N2CCC[C@H]2CO)C1. The van der Waals surface area contributed by atoms with Gasteiger partial charge in [-0.05, 0) is 31.4 Å². The number of hydrogen-bond donors (Lipinski definition) is 2. The topological polar surface area (TPSA) is 82.1 Å². The van der Waals surface area contributed by atoms with Gasteiger partial charge in [-0.1, -0.05) is 18.2 Å². The zero-order valence-corrected chi connectivity index (χ0v) is 14.3. The zero-order chi connectivity index (χ0) is 17.6. The van der Waals surface area contributed by atoms with Crippen LogP contribution in [0.1, 0.15) is 19.3 Å². The van der Waals surface area contributed by atoms with Gasteiger partial charge in [-0.25, -0.2) is 4.79 Å². The Balaban J connectivity index is 1.43. The van der Waals surface area contributed by atoms with Gasteiger partial charge in [0, 0.05) is 25.7 Å². The van der Waals surface area contributed by atoms with Crippen LogP contribution in [0, 0.1) is 0 Å². The smallest absolute Gasteiger partial charge is 0.318 e. The first kappa shape index (κ1) is 17.5. The standard InChI is InChI=1S/C18H25N3O4/c22-12-15-5-4-9-21(15)18(24)19-14-8-10-20(11-14)17(23)13-25-16-6-2-1-3-7-16/h1-3,6-7,14-15,22H,4-5,8-13H2,(H,19,24)/t14-,15-/m0/s1. The Kier molecular flexibility index (Phi) is 5.75. The second kappa shape index (κ2) is 8.20. The van der Waals surface area contributed by atoms with Crippen molar-refractivity contribution in [2.45, 2.75) is 31.3 Å². The normalized spacial score (nSPS) is 22.9. The van der Waals surface area contributed by atoms with Crippen LogP contribution in [0.2, 0.25) is 0 Å². The van der Waals surface area contributed by atoms with E-state index in [-0.39, 0.29) is 37.2 Å². The van der Waals surface area contributed by atoms with Crippen LogP contribution in [0.5, 0.6) is 5.75 Å². The molecule has 0 radical (unpaired) electrons. The third-order valence-corrected chi connectivity index (χ3v) is 4.82. The van der Waals surface area contributed by atoms with Crippen LogP contribution in [0.25, 0.3) is 0 Å². The maximum absolute atomic E-state index is 12.3. The van der Waals surface area contributed by atoms with Crippen LogP contribution in [-0.2, 0) is 4.79 Å². The van der Waals surface area contributed by atoms with E-state index in [4.69, 9.17) is 4.74 Å². The van der Waals surface area contributed by atoms with Gasteiger partial charge in [0.1, 0.15) is 5.75 Å². The number of nitrogens with one attached hydrogen (secondary N) is 1. The molecule has 2 saturated heterocycles. The summed E-state index contributed by atoms with van der Waals surface area (Å²) in [5.41, 5.74) is 0. The molecule has 0 saturated carbocycles. The molecule has 0 spiro atoms. The first-order valence-electron chi connectivity index (χ1n) is 8.81. The fourth-order valence-corrected chi connectivity index (χ4v) is 3.41. The molecule has 7 heteroatoms. The average Bonchev–Trinajstić information content (AvgIpc) is 3.29. The lowest BCUT2D eigenvalue weighted by atomic mass is 10.2. The fraction of sp³-hybridized carbons (Fsp3) is 0.556. The lowest BCUT2D eigenvalue weighted by Gasteiger charge is -2.25. The Morgan fingerprint density at radius 2 is 2.00 bits per heavy atom. The van der Waals surface area contributed by atoms with Crippen molar-refractivity contribution in [1.29, 1.82) is 0 Å². The van der Waals surface area contributed by atoms with Crippen LogP contribution in [0.3, 0.4) is 0 Å². The highest BCUT2D eigenvalue weighted by Crippen LogP contribution is 2.18. The summed E-state index contributed by atoms with van der Waals surface area (Å²) in [4.78, 5) is 28.0. The van der Waals surface area contributed by atoms with E-state index in [0.29, 0.717) is 25.4 Å². The number of amides is 3. The number of aliphatic hydroxyl groups is 1. The predicted octanol–water partition coefficient (Wildman–Crippen LogP) is 0.833. The van der Waals surface area contributed by atoms with Crippen LogP contribution < -0.4 is 10.1 Å². The molecule has 1 aromatic rings. The monoisotopic (exact) mass is 347 g/mol. The summed E-state index contributed by atoms with van der Waals surface area (Å²) in [5.74, 6) is 0.596. The number of likely N-dealkylation sites (tertiary alicyclic amines) is 2. The van der Waals surface area contributed by atoms with Crippen molar-refractivity contribution in [3.05, 3.63) is 30.3 Å². The maximum atomic E-state index is 12.3. The predicted molar refractivity (Wildman–Crippen MR) is 92.3 cm³/mol. The highest BCUT2D eigenvalue weighted by Gasteiger charge is 2.32. The minimum Gasteiger partial charge on any atom is -0.484 e. The third-order valence-electron chi connectivity index (χ3n) is 4.82. The number of carbonyl (C=O) groups excluding carboxylic acids is 2. The summed E-state index contributed by atoms with van der Waals surface area (Å²) in [6, 6.07) is 8.97. The van der Waals surface area contributed by atoms with E-state index < -0.39 is 0 Å². The molecule has 25 heavy (non-hydrogen) atoms.